The van der Waals surface area contributed by atoms with Crippen LogP contribution in [-0.4, -0.2) is 10.1 Å². The first-order valence-electron chi connectivity index (χ1n) is 8.00. The van der Waals surface area contributed by atoms with E-state index in [1.807, 2.05) is 6.92 Å². The Morgan fingerprint density at radius 1 is 0.895 bits per heavy atom. The highest BCUT2D eigenvalue weighted by molar-refractivity contribution is 14.1. The molecule has 1 unspecified atom stereocenters. The molecule has 3 heteroatoms. The van der Waals surface area contributed by atoms with Crippen molar-refractivity contribution in [2.75, 3.05) is 0 Å². The van der Waals surface area contributed by atoms with Gasteiger partial charge in [-0.25, -0.2) is 0 Å². The lowest BCUT2D eigenvalue weighted by atomic mass is 10.1. The fourth-order valence-electron chi connectivity index (χ4n) is 2.17. The molecule has 2 nitrogen and oxygen atoms in total. The number of hydrogen-bond acceptors (Lipinski definition) is 2. The van der Waals surface area contributed by atoms with Gasteiger partial charge in [0.15, 0.2) is 0 Å². The van der Waals surface area contributed by atoms with Gasteiger partial charge in [-0.2, -0.15) is 0 Å². The minimum absolute atomic E-state index is 0.00203. The first-order valence-corrected chi connectivity index (χ1v) is 9.25. The average molecular weight is 382 g/mol. The maximum Gasteiger partial charge on any atom is 0.306 e. The van der Waals surface area contributed by atoms with E-state index in [1.54, 1.807) is 0 Å². The Hall–Kier alpha value is 0.200. The molecule has 0 spiro atoms. The second-order valence-electron chi connectivity index (χ2n) is 5.32. The summed E-state index contributed by atoms with van der Waals surface area (Å²) in [6, 6.07) is 0. The number of esters is 1. The second kappa shape index (κ2) is 14.6. The van der Waals surface area contributed by atoms with Crippen LogP contribution in [-0.2, 0) is 9.53 Å². The van der Waals surface area contributed by atoms with Crippen molar-refractivity contribution < 1.29 is 9.53 Å². The van der Waals surface area contributed by atoms with Crippen LogP contribution in [0.4, 0.5) is 0 Å². The van der Waals surface area contributed by atoms with E-state index in [4.69, 9.17) is 4.74 Å². The van der Waals surface area contributed by atoms with Crippen molar-refractivity contribution in [3.05, 3.63) is 0 Å². The molecule has 0 aromatic rings. The minimum atomic E-state index is -0.0437. The maximum absolute atomic E-state index is 11.3. The molecular weight excluding hydrogens is 351 g/mol. The number of rotatable bonds is 13. The number of ether oxygens (including phenoxy) is 1. The van der Waals surface area contributed by atoms with E-state index in [0.717, 1.165) is 6.42 Å². The molecule has 0 amide bonds. The highest BCUT2D eigenvalue weighted by Gasteiger charge is 2.05. The van der Waals surface area contributed by atoms with Gasteiger partial charge in [-0.15, -0.1) is 0 Å². The highest BCUT2D eigenvalue weighted by Crippen LogP contribution is 2.12. The zero-order valence-corrected chi connectivity index (χ0v) is 14.9. The molecule has 0 heterocycles. The highest BCUT2D eigenvalue weighted by atomic mass is 127. The van der Waals surface area contributed by atoms with Crippen LogP contribution < -0.4 is 0 Å². The molecule has 114 valence electrons. The quantitative estimate of drug-likeness (QED) is 0.169. The first kappa shape index (κ1) is 19.2. The standard InChI is InChI=1S/C16H31IO2/c1-3-4-5-6-7-8-9-10-11-12-13-14-16(18)19-15(2)17/h15H,3-14H2,1-2H3. The van der Waals surface area contributed by atoms with Crippen molar-refractivity contribution in [2.45, 2.75) is 95.0 Å². The van der Waals surface area contributed by atoms with Gasteiger partial charge in [0.2, 0.25) is 0 Å². The van der Waals surface area contributed by atoms with E-state index in [2.05, 4.69) is 29.5 Å². The zero-order valence-electron chi connectivity index (χ0n) is 12.8. The Morgan fingerprint density at radius 3 is 1.74 bits per heavy atom. The van der Waals surface area contributed by atoms with Gasteiger partial charge in [-0.1, -0.05) is 71.1 Å². The Balaban J connectivity index is 3.08. The van der Waals surface area contributed by atoms with Crippen LogP contribution in [0.25, 0.3) is 0 Å². The summed E-state index contributed by atoms with van der Waals surface area (Å²) in [6.07, 6.45) is 15.0. The van der Waals surface area contributed by atoms with E-state index in [1.165, 1.54) is 64.2 Å². The molecular formula is C16H31IO2. The molecule has 0 fully saturated rings. The lowest BCUT2D eigenvalue weighted by Gasteiger charge is -2.06. The molecule has 1 atom stereocenters. The molecule has 19 heavy (non-hydrogen) atoms. The molecule has 0 aromatic heterocycles. The first-order chi connectivity index (χ1) is 9.16. The van der Waals surface area contributed by atoms with E-state index >= 15 is 0 Å². The lowest BCUT2D eigenvalue weighted by molar-refractivity contribution is -0.144. The summed E-state index contributed by atoms with van der Waals surface area (Å²) in [5, 5.41) is 0. The molecule has 0 N–H and O–H groups in total. The molecule has 0 radical (unpaired) electrons. The van der Waals surface area contributed by atoms with Gasteiger partial charge >= 0.3 is 5.97 Å². The summed E-state index contributed by atoms with van der Waals surface area (Å²) < 4.78 is 5.09. The molecule has 0 aliphatic heterocycles. The third-order valence-electron chi connectivity index (χ3n) is 3.28. The Kier molecular flexibility index (Phi) is 14.8. The van der Waals surface area contributed by atoms with Gasteiger partial charge in [0.05, 0.1) is 0 Å². The van der Waals surface area contributed by atoms with Gasteiger partial charge in [0.25, 0.3) is 0 Å². The summed E-state index contributed by atoms with van der Waals surface area (Å²) in [6.45, 7) is 4.15. The Labute approximate surface area is 133 Å². The summed E-state index contributed by atoms with van der Waals surface area (Å²) in [5.41, 5.74) is 0. The number of carbonyl (C=O) groups is 1. The fraction of sp³-hybridized carbons (Fsp3) is 0.938. The molecule has 0 rings (SSSR count). The van der Waals surface area contributed by atoms with Gasteiger partial charge in [-0.05, 0) is 35.9 Å². The average Bonchev–Trinajstić information content (AvgIpc) is 2.35. The fourth-order valence-corrected chi connectivity index (χ4v) is 2.46. The third-order valence-corrected chi connectivity index (χ3v) is 3.53. The monoisotopic (exact) mass is 382 g/mol. The van der Waals surface area contributed by atoms with Crippen molar-refractivity contribution in [1.82, 2.24) is 0 Å². The van der Waals surface area contributed by atoms with Gasteiger partial charge in [0, 0.05) is 6.42 Å². The van der Waals surface area contributed by atoms with Crippen molar-refractivity contribution in [2.24, 2.45) is 0 Å². The predicted octanol–water partition coefficient (Wildman–Crippen LogP) is 6.01. The molecule has 0 aromatic carbocycles. The van der Waals surface area contributed by atoms with E-state index < -0.39 is 0 Å². The van der Waals surface area contributed by atoms with Crippen LogP contribution >= 0.6 is 22.6 Å². The molecule has 0 aliphatic carbocycles. The van der Waals surface area contributed by atoms with Crippen molar-refractivity contribution >= 4 is 28.6 Å². The smallest absolute Gasteiger partial charge is 0.306 e. The SMILES string of the molecule is CCCCCCCCCCCCCC(=O)OC(C)I. The number of carbonyl (C=O) groups excluding carboxylic acids is 1. The molecule has 0 saturated carbocycles. The maximum atomic E-state index is 11.3. The van der Waals surface area contributed by atoms with E-state index in [-0.39, 0.29) is 10.1 Å². The van der Waals surface area contributed by atoms with Crippen LogP contribution in [0.5, 0.6) is 0 Å². The molecule has 0 aliphatic rings. The zero-order chi connectivity index (χ0) is 14.3. The van der Waals surface area contributed by atoms with Crippen LogP contribution in [0.1, 0.15) is 90.9 Å². The number of hydrogen-bond donors (Lipinski definition) is 0. The van der Waals surface area contributed by atoms with Crippen molar-refractivity contribution in [1.29, 1.82) is 0 Å². The summed E-state index contributed by atoms with van der Waals surface area (Å²) in [7, 11) is 0. The molecule has 0 bridgehead atoms. The van der Waals surface area contributed by atoms with Crippen LogP contribution in [0.3, 0.4) is 0 Å². The Morgan fingerprint density at radius 2 is 1.32 bits per heavy atom. The van der Waals surface area contributed by atoms with Gasteiger partial charge in [-0.3, -0.25) is 4.79 Å². The van der Waals surface area contributed by atoms with Gasteiger partial charge in [0.1, 0.15) is 4.11 Å². The van der Waals surface area contributed by atoms with E-state index in [0.29, 0.717) is 6.42 Å². The molecule has 0 saturated heterocycles. The summed E-state index contributed by atoms with van der Waals surface area (Å²) in [5.74, 6) is -0.0437. The summed E-state index contributed by atoms with van der Waals surface area (Å²) in [4.78, 5) is 11.3. The van der Waals surface area contributed by atoms with Crippen LogP contribution in [0, 0.1) is 0 Å². The summed E-state index contributed by atoms with van der Waals surface area (Å²) >= 11 is 2.11. The Bertz CT molecular complexity index is 205. The van der Waals surface area contributed by atoms with Crippen molar-refractivity contribution in [3.63, 3.8) is 0 Å². The van der Waals surface area contributed by atoms with Crippen LogP contribution in [0.2, 0.25) is 0 Å². The minimum Gasteiger partial charge on any atom is -0.452 e. The number of unbranched alkanes of at least 4 members (excludes halogenated alkanes) is 10. The van der Waals surface area contributed by atoms with E-state index in [9.17, 15) is 4.79 Å². The lowest BCUT2D eigenvalue weighted by Crippen LogP contribution is -2.08. The van der Waals surface area contributed by atoms with Crippen LogP contribution in [0.15, 0.2) is 0 Å². The predicted molar refractivity (Wildman–Crippen MR) is 90.7 cm³/mol. The number of halogens is 1. The number of alkyl halides is 1. The van der Waals surface area contributed by atoms with Crippen molar-refractivity contribution in [3.8, 4) is 0 Å². The third kappa shape index (κ3) is 16.1. The van der Waals surface area contributed by atoms with Gasteiger partial charge < -0.3 is 4.74 Å². The topological polar surface area (TPSA) is 26.3 Å². The largest absolute Gasteiger partial charge is 0.452 e. The second-order valence-corrected chi connectivity index (χ2v) is 7.07. The normalized spacial score (nSPS) is 12.4.